The molecule has 4 nitrogen and oxygen atoms in total. The van der Waals surface area contributed by atoms with Gasteiger partial charge in [-0.3, -0.25) is 4.79 Å². The molecule has 0 aromatic heterocycles. The second-order valence-electron chi connectivity index (χ2n) is 2.61. The minimum absolute atomic E-state index is 0.0534. The van der Waals surface area contributed by atoms with Crippen molar-refractivity contribution in [3.8, 4) is 0 Å². The van der Waals surface area contributed by atoms with Gasteiger partial charge in [0, 0.05) is 6.04 Å². The molecule has 0 aromatic carbocycles. The number of aliphatic hydroxyl groups excluding tert-OH is 1. The number of nitrogens with one attached hydrogen (secondary N) is 1. The van der Waals surface area contributed by atoms with E-state index >= 15 is 0 Å². The van der Waals surface area contributed by atoms with E-state index in [4.69, 9.17) is 10.8 Å². The van der Waals surface area contributed by atoms with E-state index in [-0.39, 0.29) is 18.6 Å². The highest BCUT2D eigenvalue weighted by Gasteiger charge is 2.12. The summed E-state index contributed by atoms with van der Waals surface area (Å²) in [6.07, 6.45) is 0.615. The molecular formula is C7H16N2O2. The lowest BCUT2D eigenvalue weighted by atomic mass is 10.2. The highest BCUT2D eigenvalue weighted by molar-refractivity contribution is 5.81. The summed E-state index contributed by atoms with van der Waals surface area (Å²) in [4.78, 5) is 11.0. The first kappa shape index (κ1) is 10.4. The van der Waals surface area contributed by atoms with Gasteiger partial charge in [-0.1, -0.05) is 6.92 Å². The van der Waals surface area contributed by atoms with Gasteiger partial charge in [0.15, 0.2) is 0 Å². The van der Waals surface area contributed by atoms with Gasteiger partial charge in [-0.25, -0.2) is 0 Å². The first-order chi connectivity index (χ1) is 5.11. The number of carbonyl (C=O) groups is 1. The van der Waals surface area contributed by atoms with Gasteiger partial charge < -0.3 is 16.2 Å². The predicted octanol–water partition coefficient (Wildman–Crippen LogP) is -0.779. The van der Waals surface area contributed by atoms with Crippen LogP contribution < -0.4 is 11.1 Å². The SMILES string of the molecule is CC[C@@H](N)C(=O)NC(C)CO. The molecule has 0 rings (SSSR count). The quantitative estimate of drug-likeness (QED) is 0.505. The van der Waals surface area contributed by atoms with Crippen molar-refractivity contribution < 1.29 is 9.90 Å². The molecule has 1 unspecified atom stereocenters. The molecule has 0 aliphatic carbocycles. The highest BCUT2D eigenvalue weighted by Crippen LogP contribution is 1.87. The van der Waals surface area contributed by atoms with Crippen LogP contribution in [0.25, 0.3) is 0 Å². The molecule has 0 spiro atoms. The maximum atomic E-state index is 11.0. The van der Waals surface area contributed by atoms with Gasteiger partial charge >= 0.3 is 0 Å². The van der Waals surface area contributed by atoms with Crippen LogP contribution >= 0.6 is 0 Å². The van der Waals surface area contributed by atoms with Gasteiger partial charge in [-0.2, -0.15) is 0 Å². The van der Waals surface area contributed by atoms with Crippen LogP contribution in [-0.2, 0) is 4.79 Å². The molecule has 2 atom stereocenters. The molecule has 0 aromatic rings. The van der Waals surface area contributed by atoms with E-state index in [9.17, 15) is 4.79 Å². The Morgan fingerprint density at radius 2 is 2.27 bits per heavy atom. The van der Waals surface area contributed by atoms with E-state index in [2.05, 4.69) is 5.32 Å². The van der Waals surface area contributed by atoms with Crippen molar-refractivity contribution in [1.29, 1.82) is 0 Å². The van der Waals surface area contributed by atoms with Crippen molar-refractivity contribution in [2.45, 2.75) is 32.4 Å². The molecule has 1 amide bonds. The summed E-state index contributed by atoms with van der Waals surface area (Å²) in [7, 11) is 0. The summed E-state index contributed by atoms with van der Waals surface area (Å²) in [6.45, 7) is 3.51. The van der Waals surface area contributed by atoms with Crippen LogP contribution in [0.15, 0.2) is 0 Å². The fourth-order valence-corrected chi connectivity index (χ4v) is 0.581. The number of rotatable bonds is 4. The van der Waals surface area contributed by atoms with Crippen LogP contribution in [0.1, 0.15) is 20.3 Å². The van der Waals surface area contributed by atoms with Crippen LogP contribution in [0.3, 0.4) is 0 Å². The Bertz CT molecular complexity index is 128. The molecule has 0 bridgehead atoms. The Hall–Kier alpha value is -0.610. The molecule has 0 aliphatic heterocycles. The van der Waals surface area contributed by atoms with Crippen LogP contribution in [0, 0.1) is 0 Å². The number of carbonyl (C=O) groups excluding carboxylic acids is 1. The molecule has 0 heterocycles. The van der Waals surface area contributed by atoms with Crippen molar-refractivity contribution >= 4 is 5.91 Å². The molecule has 4 heteroatoms. The minimum atomic E-state index is -0.455. The van der Waals surface area contributed by atoms with Gasteiger partial charge in [0.1, 0.15) is 0 Å². The van der Waals surface area contributed by atoms with Gasteiger partial charge in [-0.15, -0.1) is 0 Å². The second kappa shape index (κ2) is 5.09. The number of hydrogen-bond acceptors (Lipinski definition) is 3. The molecule has 11 heavy (non-hydrogen) atoms. The van der Waals surface area contributed by atoms with Gasteiger partial charge in [-0.05, 0) is 13.3 Å². The first-order valence-corrected chi connectivity index (χ1v) is 3.78. The lowest BCUT2D eigenvalue weighted by Gasteiger charge is -2.13. The largest absolute Gasteiger partial charge is 0.394 e. The number of nitrogens with two attached hydrogens (primary N) is 1. The Labute approximate surface area is 66.8 Å². The summed E-state index contributed by atoms with van der Waals surface area (Å²) in [5.74, 6) is -0.200. The van der Waals surface area contributed by atoms with Gasteiger partial charge in [0.25, 0.3) is 0 Å². The van der Waals surface area contributed by atoms with Crippen LogP contribution in [0.5, 0.6) is 0 Å². The molecule has 0 radical (unpaired) electrons. The average Bonchev–Trinajstić information content (AvgIpc) is 2.02. The maximum Gasteiger partial charge on any atom is 0.237 e. The monoisotopic (exact) mass is 160 g/mol. The third-order valence-electron chi connectivity index (χ3n) is 1.44. The summed E-state index contributed by atoms with van der Waals surface area (Å²) in [5.41, 5.74) is 5.43. The van der Waals surface area contributed by atoms with Crippen LogP contribution in [0.2, 0.25) is 0 Å². The van der Waals surface area contributed by atoms with E-state index in [0.29, 0.717) is 6.42 Å². The fraction of sp³-hybridized carbons (Fsp3) is 0.857. The maximum absolute atomic E-state index is 11.0. The Kier molecular flexibility index (Phi) is 4.81. The summed E-state index contributed by atoms with van der Waals surface area (Å²) in [6, 6.07) is -0.663. The van der Waals surface area contributed by atoms with Crippen molar-refractivity contribution in [2.75, 3.05) is 6.61 Å². The Balaban J connectivity index is 3.68. The standard InChI is InChI=1S/C7H16N2O2/c1-3-6(8)7(11)9-5(2)4-10/h5-6,10H,3-4,8H2,1-2H3,(H,9,11)/t5?,6-/m1/s1. The van der Waals surface area contributed by atoms with Crippen molar-refractivity contribution in [3.05, 3.63) is 0 Å². The van der Waals surface area contributed by atoms with Crippen molar-refractivity contribution in [3.63, 3.8) is 0 Å². The zero-order valence-corrected chi connectivity index (χ0v) is 7.00. The van der Waals surface area contributed by atoms with Gasteiger partial charge in [0.2, 0.25) is 5.91 Å². The molecular weight excluding hydrogens is 144 g/mol. The smallest absolute Gasteiger partial charge is 0.237 e. The summed E-state index contributed by atoms with van der Waals surface area (Å²) in [5, 5.41) is 11.1. The molecule has 0 aliphatic rings. The molecule has 4 N–H and O–H groups in total. The Morgan fingerprint density at radius 3 is 2.64 bits per heavy atom. The van der Waals surface area contributed by atoms with E-state index in [1.807, 2.05) is 6.92 Å². The summed E-state index contributed by atoms with van der Waals surface area (Å²) >= 11 is 0. The third kappa shape index (κ3) is 3.95. The zero-order valence-electron chi connectivity index (χ0n) is 7.00. The van der Waals surface area contributed by atoms with E-state index in [1.54, 1.807) is 6.92 Å². The zero-order chi connectivity index (χ0) is 8.85. The van der Waals surface area contributed by atoms with E-state index in [1.165, 1.54) is 0 Å². The minimum Gasteiger partial charge on any atom is -0.394 e. The molecule has 66 valence electrons. The molecule has 0 fully saturated rings. The highest BCUT2D eigenvalue weighted by atomic mass is 16.3. The van der Waals surface area contributed by atoms with E-state index < -0.39 is 6.04 Å². The topological polar surface area (TPSA) is 75.4 Å². The second-order valence-corrected chi connectivity index (χ2v) is 2.61. The average molecular weight is 160 g/mol. The molecule has 0 saturated heterocycles. The normalized spacial score (nSPS) is 15.6. The van der Waals surface area contributed by atoms with Gasteiger partial charge in [0.05, 0.1) is 12.6 Å². The fourth-order valence-electron chi connectivity index (χ4n) is 0.581. The van der Waals surface area contributed by atoms with Crippen molar-refractivity contribution in [1.82, 2.24) is 5.32 Å². The number of hydrogen-bond donors (Lipinski definition) is 3. The first-order valence-electron chi connectivity index (χ1n) is 3.78. The van der Waals surface area contributed by atoms with Crippen LogP contribution in [-0.4, -0.2) is 29.7 Å². The lowest BCUT2D eigenvalue weighted by molar-refractivity contribution is -0.123. The summed E-state index contributed by atoms with van der Waals surface area (Å²) < 4.78 is 0. The number of amides is 1. The van der Waals surface area contributed by atoms with Crippen molar-refractivity contribution in [2.24, 2.45) is 5.73 Å². The number of aliphatic hydroxyl groups is 1. The lowest BCUT2D eigenvalue weighted by Crippen LogP contribution is -2.45. The van der Waals surface area contributed by atoms with E-state index in [0.717, 1.165) is 0 Å². The third-order valence-corrected chi connectivity index (χ3v) is 1.44. The Morgan fingerprint density at radius 1 is 1.73 bits per heavy atom. The molecule has 0 saturated carbocycles. The van der Waals surface area contributed by atoms with Crippen LogP contribution in [0.4, 0.5) is 0 Å². The predicted molar refractivity (Wildman–Crippen MR) is 43.0 cm³/mol.